The first-order valence-corrected chi connectivity index (χ1v) is 16.5. The molecule has 0 aliphatic heterocycles. The summed E-state index contributed by atoms with van der Waals surface area (Å²) in [4.78, 5) is 0. The molecule has 42 heavy (non-hydrogen) atoms. The van der Waals surface area contributed by atoms with E-state index in [1.54, 1.807) is 27.4 Å². The van der Waals surface area contributed by atoms with Crippen LogP contribution < -0.4 is 24.8 Å². The number of hydrogen-bond acceptors (Lipinski definition) is 0. The Bertz CT molecular complexity index is 1520. The predicted octanol–water partition coefficient (Wildman–Crippen LogP) is 5.11. The third kappa shape index (κ3) is 6.95. The quantitative estimate of drug-likeness (QED) is 0.291. The Balaban J connectivity index is 0.000000236. The second-order valence-corrected chi connectivity index (χ2v) is 15.5. The van der Waals surface area contributed by atoms with Crippen LogP contribution in [0, 0.1) is 12.0 Å². The Morgan fingerprint density at radius 1 is 0.714 bits per heavy atom. The van der Waals surface area contributed by atoms with Crippen molar-refractivity contribution in [3.05, 3.63) is 88.0 Å². The molecule has 1 atom stereocenters. The van der Waals surface area contributed by atoms with Gasteiger partial charge >= 0.3 is 59.5 Å². The van der Waals surface area contributed by atoms with Crippen LogP contribution in [0.3, 0.4) is 0 Å². The molecule has 0 radical (unpaired) electrons. The third-order valence-electron chi connectivity index (χ3n) is 9.37. The van der Waals surface area contributed by atoms with Gasteiger partial charge in [-0.2, -0.15) is 6.08 Å². The Labute approximate surface area is 282 Å². The van der Waals surface area contributed by atoms with Crippen molar-refractivity contribution < 1.29 is 49.0 Å². The van der Waals surface area contributed by atoms with Crippen molar-refractivity contribution >= 4 is 35.9 Å². The second kappa shape index (κ2) is 13.3. The fourth-order valence-electron chi connectivity index (χ4n) is 7.19. The predicted molar refractivity (Wildman–Crippen MR) is 174 cm³/mol. The van der Waals surface area contributed by atoms with E-state index >= 15 is 0 Å². The maximum absolute atomic E-state index is 3.29. The molecule has 1 unspecified atom stereocenters. The number of benzene rings is 2. The molecule has 0 bridgehead atoms. The zero-order valence-corrected chi connectivity index (χ0v) is 31.0. The summed E-state index contributed by atoms with van der Waals surface area (Å²) in [6, 6.07) is 12.1. The Morgan fingerprint density at radius 3 is 1.48 bits per heavy atom. The molecule has 0 saturated heterocycles. The standard InChI is InChI=1S/C25H25.C8H11.C6H10.2ClH.Zr/c1-14-12-24(3,4)22-8-16-7-17-9-23-19(15(2)13-25(23,5)6)11-21(17)20(16)10-18(14)22;1-6-4-7(2)8(3)5-6;1-2-4-6-5-3-1;;;/h7-13H,1-6H3;4,6H,1-3H3;1-5H2;2*1H;/q2*-1;;;;+2/p-2. The molecular formula is C39H46Cl2Zr-2. The van der Waals surface area contributed by atoms with E-state index in [0.29, 0.717) is 5.92 Å². The van der Waals surface area contributed by atoms with Crippen molar-refractivity contribution in [3.63, 3.8) is 0 Å². The van der Waals surface area contributed by atoms with Gasteiger partial charge in [-0.1, -0.05) is 82.9 Å². The summed E-state index contributed by atoms with van der Waals surface area (Å²) in [5.41, 5.74) is 11.6. The number of hydrogen-bond donors (Lipinski definition) is 0. The Hall–Kier alpha value is -1.40. The molecule has 0 heterocycles. The average Bonchev–Trinajstić information content (AvgIpc) is 3.52. The van der Waals surface area contributed by atoms with E-state index in [2.05, 4.69) is 117 Å². The number of halogens is 2. The van der Waals surface area contributed by atoms with Gasteiger partial charge in [-0.3, -0.25) is 6.08 Å². The van der Waals surface area contributed by atoms with Crippen LogP contribution in [0.1, 0.15) is 117 Å². The molecule has 0 spiro atoms. The molecule has 0 N–H and O–H groups in total. The number of fused-ring (bicyclic) bond motifs is 5. The molecule has 4 aliphatic carbocycles. The number of allylic oxidation sites excluding steroid dienone is 8. The zero-order valence-electron chi connectivity index (χ0n) is 27.0. The van der Waals surface area contributed by atoms with E-state index < -0.39 is 0 Å². The summed E-state index contributed by atoms with van der Waals surface area (Å²) < 4.78 is 1.80. The normalized spacial score (nSPS) is 20.9. The average molecular weight is 677 g/mol. The van der Waals surface area contributed by atoms with Crippen LogP contribution in [-0.2, 0) is 35.1 Å². The fourth-order valence-corrected chi connectivity index (χ4v) is 8.06. The van der Waals surface area contributed by atoms with Crippen LogP contribution in [0.5, 0.6) is 0 Å². The molecule has 3 aromatic carbocycles. The van der Waals surface area contributed by atoms with Crippen molar-refractivity contribution in [1.82, 2.24) is 0 Å². The summed E-state index contributed by atoms with van der Waals surface area (Å²) in [5.74, 6) is 0.551. The van der Waals surface area contributed by atoms with E-state index in [1.165, 1.54) is 98.2 Å². The number of rotatable bonds is 0. The third-order valence-corrected chi connectivity index (χ3v) is 10.6. The van der Waals surface area contributed by atoms with Gasteiger partial charge in [0.2, 0.25) is 0 Å². The molecule has 0 nitrogen and oxygen atoms in total. The van der Waals surface area contributed by atoms with Gasteiger partial charge in [0.05, 0.1) is 0 Å². The zero-order chi connectivity index (χ0) is 29.0. The first kappa shape index (κ1) is 35.1. The van der Waals surface area contributed by atoms with Crippen molar-refractivity contribution in [3.8, 4) is 0 Å². The van der Waals surface area contributed by atoms with E-state index in [4.69, 9.17) is 0 Å². The minimum absolute atomic E-state index is 0. The van der Waals surface area contributed by atoms with Gasteiger partial charge < -0.3 is 24.8 Å². The van der Waals surface area contributed by atoms with Crippen molar-refractivity contribution in [2.45, 2.75) is 105 Å². The van der Waals surface area contributed by atoms with Crippen LogP contribution in [0.25, 0.3) is 32.7 Å². The van der Waals surface area contributed by atoms with Gasteiger partial charge in [-0.15, -0.1) is 46.7 Å². The molecular weight excluding hydrogens is 631 g/mol. The van der Waals surface area contributed by atoms with Crippen molar-refractivity contribution in [2.24, 2.45) is 5.92 Å². The van der Waals surface area contributed by atoms with Crippen LogP contribution in [-0.4, -0.2) is 3.21 Å². The Morgan fingerprint density at radius 2 is 1.17 bits per heavy atom. The molecule has 222 valence electrons. The Kier molecular flexibility index (Phi) is 11.1. The summed E-state index contributed by atoms with van der Waals surface area (Å²) in [7, 11) is 0. The van der Waals surface area contributed by atoms with E-state index in [-0.39, 0.29) is 35.6 Å². The maximum atomic E-state index is 3.29. The second-order valence-electron chi connectivity index (χ2n) is 13.8. The minimum atomic E-state index is 0. The SMILES string of the molecule is CC1=CC(C)(C)c2cc3[cH-]c4cc5c(cc4c3cc21)C(C)=CC5(C)C.CC1=[C-]C(C)C=C1C.[Cl-].[Cl-].[Zr+2]=[C]1CCCCC1. The molecule has 0 aromatic heterocycles. The van der Waals surface area contributed by atoms with E-state index in [1.807, 2.05) is 0 Å². The van der Waals surface area contributed by atoms with Crippen LogP contribution in [0.2, 0.25) is 0 Å². The van der Waals surface area contributed by atoms with Gasteiger partial charge in [0.15, 0.2) is 0 Å². The van der Waals surface area contributed by atoms with Crippen LogP contribution in [0.4, 0.5) is 0 Å². The van der Waals surface area contributed by atoms with Crippen LogP contribution >= 0.6 is 0 Å². The van der Waals surface area contributed by atoms with Crippen LogP contribution in [0.15, 0.2) is 59.7 Å². The first-order valence-electron chi connectivity index (χ1n) is 15.2. The summed E-state index contributed by atoms with van der Waals surface area (Å²) in [6.45, 7) is 20.2. The van der Waals surface area contributed by atoms with E-state index in [9.17, 15) is 0 Å². The van der Waals surface area contributed by atoms with Gasteiger partial charge in [0, 0.05) is 10.8 Å². The molecule has 3 aromatic rings. The molecule has 1 fully saturated rings. The summed E-state index contributed by atoms with van der Waals surface area (Å²) in [5, 5.41) is 5.57. The molecule has 3 heteroatoms. The topological polar surface area (TPSA) is 0 Å². The van der Waals surface area contributed by atoms with E-state index in [0.717, 1.165) is 0 Å². The van der Waals surface area contributed by atoms with Crippen molar-refractivity contribution in [1.29, 1.82) is 0 Å². The molecule has 0 amide bonds. The van der Waals surface area contributed by atoms with Crippen molar-refractivity contribution in [2.75, 3.05) is 0 Å². The first-order chi connectivity index (χ1) is 18.8. The molecule has 4 aliphatic rings. The summed E-state index contributed by atoms with van der Waals surface area (Å²) >= 11 is 1.69. The van der Waals surface area contributed by atoms with Gasteiger partial charge in [0.25, 0.3) is 0 Å². The van der Waals surface area contributed by atoms with Gasteiger partial charge in [0.1, 0.15) is 0 Å². The molecule has 7 rings (SSSR count). The fraction of sp³-hybridized carbons (Fsp3) is 0.436. The monoisotopic (exact) mass is 674 g/mol. The molecule has 1 saturated carbocycles. The van der Waals surface area contributed by atoms with Gasteiger partial charge in [-0.05, 0) is 36.1 Å². The summed E-state index contributed by atoms with van der Waals surface area (Å²) in [6.07, 6.45) is 17.7. The van der Waals surface area contributed by atoms with Gasteiger partial charge in [-0.25, -0.2) is 11.1 Å².